The Labute approximate surface area is 200 Å². The molecule has 2 aliphatic carbocycles. The van der Waals surface area contributed by atoms with E-state index in [-0.39, 0.29) is 24.6 Å². The Morgan fingerprint density at radius 2 is 1.79 bits per heavy atom. The molecule has 11 heteroatoms. The molecule has 3 aliphatic rings. The molecular weight excluding hydrogens is 473 g/mol. The lowest BCUT2D eigenvalue weighted by Crippen LogP contribution is -2.37. The molecule has 1 aromatic carbocycles. The number of carbonyl (C=O) groups excluding carboxylic acids is 1. The second-order valence-electron chi connectivity index (χ2n) is 9.39. The van der Waals surface area contributed by atoms with Gasteiger partial charge in [-0.1, -0.05) is 11.6 Å². The van der Waals surface area contributed by atoms with Crippen LogP contribution in [0.1, 0.15) is 31.7 Å². The van der Waals surface area contributed by atoms with E-state index in [9.17, 15) is 18.0 Å². The third-order valence-corrected chi connectivity index (χ3v) is 7.25. The molecule has 2 heterocycles. The van der Waals surface area contributed by atoms with Gasteiger partial charge in [-0.2, -0.15) is 5.10 Å². The van der Waals surface area contributed by atoms with E-state index in [1.807, 2.05) is 6.20 Å². The molecule has 0 spiro atoms. The number of amides is 1. The number of halogens is 4. The van der Waals surface area contributed by atoms with Gasteiger partial charge in [0.1, 0.15) is 5.75 Å². The normalized spacial score (nSPS) is 28.5. The van der Waals surface area contributed by atoms with Crippen molar-refractivity contribution in [1.29, 1.82) is 0 Å². The Kier molecular flexibility index (Phi) is 6.37. The lowest BCUT2D eigenvalue weighted by Gasteiger charge is -2.35. The van der Waals surface area contributed by atoms with Crippen LogP contribution in [0.25, 0.3) is 0 Å². The number of hydrogen-bond donors (Lipinski definition) is 1. The highest BCUT2D eigenvalue weighted by Crippen LogP contribution is 2.41. The fourth-order valence-corrected chi connectivity index (χ4v) is 5.43. The molecule has 1 amide bonds. The SMILES string of the molecule is O=C(COc1ccc(Cl)cc1)N[C@H]1C[C@@H]2CN(c3cnn([C@H]4C[C@@H](OC(F)(F)F)C4)c3)C[C@@H]2C1. The van der Waals surface area contributed by atoms with Gasteiger partial charge in [0, 0.05) is 30.4 Å². The second-order valence-corrected chi connectivity index (χ2v) is 9.83. The van der Waals surface area contributed by atoms with Crippen LogP contribution >= 0.6 is 11.6 Å². The van der Waals surface area contributed by atoms with Crippen LogP contribution in [0.2, 0.25) is 5.02 Å². The molecule has 34 heavy (non-hydrogen) atoms. The first-order valence-corrected chi connectivity index (χ1v) is 11.8. The third kappa shape index (κ3) is 5.43. The summed E-state index contributed by atoms with van der Waals surface area (Å²) in [6.45, 7) is 1.73. The molecule has 5 rings (SSSR count). The molecule has 1 saturated heterocycles. The van der Waals surface area contributed by atoms with Crippen molar-refractivity contribution in [3.8, 4) is 5.75 Å². The number of benzene rings is 1. The molecule has 2 aromatic rings. The van der Waals surface area contributed by atoms with Crippen molar-refractivity contribution in [2.75, 3.05) is 24.6 Å². The number of rotatable bonds is 7. The number of nitrogens with zero attached hydrogens (tertiary/aromatic N) is 3. The zero-order valence-electron chi connectivity index (χ0n) is 18.4. The predicted molar refractivity (Wildman–Crippen MR) is 119 cm³/mol. The summed E-state index contributed by atoms with van der Waals surface area (Å²) in [5, 5.41) is 8.07. The predicted octanol–water partition coefficient (Wildman–Crippen LogP) is 4.19. The van der Waals surface area contributed by atoms with Gasteiger partial charge in [0.05, 0.1) is 24.0 Å². The molecule has 2 saturated carbocycles. The monoisotopic (exact) mass is 498 g/mol. The van der Waals surface area contributed by atoms with Gasteiger partial charge in [0.15, 0.2) is 6.61 Å². The molecule has 1 N–H and O–H groups in total. The van der Waals surface area contributed by atoms with Gasteiger partial charge in [-0.25, -0.2) is 0 Å². The summed E-state index contributed by atoms with van der Waals surface area (Å²) < 4.78 is 48.3. The van der Waals surface area contributed by atoms with Gasteiger partial charge in [-0.05, 0) is 61.8 Å². The van der Waals surface area contributed by atoms with Gasteiger partial charge in [-0.15, -0.1) is 13.2 Å². The number of aromatic nitrogens is 2. The first-order chi connectivity index (χ1) is 16.2. The minimum Gasteiger partial charge on any atom is -0.484 e. The first kappa shape index (κ1) is 23.3. The fraction of sp³-hybridized carbons (Fsp3) is 0.565. The van der Waals surface area contributed by atoms with Gasteiger partial charge in [0.2, 0.25) is 0 Å². The summed E-state index contributed by atoms with van der Waals surface area (Å²) in [4.78, 5) is 14.6. The topological polar surface area (TPSA) is 68.6 Å². The smallest absolute Gasteiger partial charge is 0.484 e. The number of nitrogens with one attached hydrogen (secondary N) is 1. The Bertz CT molecular complexity index is 996. The van der Waals surface area contributed by atoms with Crippen LogP contribution < -0.4 is 15.0 Å². The van der Waals surface area contributed by atoms with E-state index in [4.69, 9.17) is 16.3 Å². The zero-order valence-corrected chi connectivity index (χ0v) is 19.1. The van der Waals surface area contributed by atoms with Crippen molar-refractivity contribution in [3.63, 3.8) is 0 Å². The molecular formula is C23H26ClF3N4O3. The average molecular weight is 499 g/mol. The van der Waals surface area contributed by atoms with Crippen molar-refractivity contribution in [1.82, 2.24) is 15.1 Å². The molecule has 3 atom stereocenters. The highest BCUT2D eigenvalue weighted by Gasteiger charge is 2.43. The van der Waals surface area contributed by atoms with Crippen molar-refractivity contribution in [2.45, 2.75) is 50.2 Å². The van der Waals surface area contributed by atoms with Crippen molar-refractivity contribution >= 4 is 23.2 Å². The Hall–Kier alpha value is -2.46. The lowest BCUT2D eigenvalue weighted by atomic mass is 9.89. The number of ether oxygens (including phenoxy) is 2. The maximum atomic E-state index is 12.3. The molecule has 0 radical (unpaired) electrons. The van der Waals surface area contributed by atoms with E-state index in [0.29, 0.717) is 35.4 Å². The van der Waals surface area contributed by atoms with E-state index < -0.39 is 12.5 Å². The van der Waals surface area contributed by atoms with Gasteiger partial charge >= 0.3 is 6.36 Å². The summed E-state index contributed by atoms with van der Waals surface area (Å²) in [7, 11) is 0. The molecule has 0 bridgehead atoms. The van der Waals surface area contributed by atoms with Crippen LogP contribution in [0, 0.1) is 11.8 Å². The summed E-state index contributed by atoms with van der Waals surface area (Å²) in [5.74, 6) is 1.44. The maximum absolute atomic E-state index is 12.3. The van der Waals surface area contributed by atoms with Crippen molar-refractivity contribution < 1.29 is 27.4 Å². The van der Waals surface area contributed by atoms with Crippen molar-refractivity contribution in [2.24, 2.45) is 11.8 Å². The minimum atomic E-state index is -4.58. The lowest BCUT2D eigenvalue weighted by molar-refractivity contribution is -0.353. The highest BCUT2D eigenvalue weighted by molar-refractivity contribution is 6.30. The summed E-state index contributed by atoms with van der Waals surface area (Å²) in [6, 6.07) is 6.97. The number of anilines is 1. The zero-order chi connectivity index (χ0) is 23.9. The van der Waals surface area contributed by atoms with E-state index in [1.165, 1.54) is 0 Å². The standard InChI is InChI=1S/C23H26ClF3N4O3/c24-16-1-3-20(4-2-16)33-13-22(32)29-17-5-14-10-30(11-15(14)6-17)19-9-28-31(12-19)18-7-21(8-18)34-23(25,26)27/h1-4,9,12,14-15,17-18,21H,5-8,10-11,13H2,(H,29,32)/t14-,15+,17+,18-,21+. The van der Waals surface area contributed by atoms with E-state index in [2.05, 4.69) is 20.1 Å². The van der Waals surface area contributed by atoms with E-state index in [0.717, 1.165) is 31.6 Å². The van der Waals surface area contributed by atoms with Gasteiger partial charge < -0.3 is 15.0 Å². The van der Waals surface area contributed by atoms with Crippen molar-refractivity contribution in [3.05, 3.63) is 41.7 Å². The van der Waals surface area contributed by atoms with Gasteiger partial charge in [-0.3, -0.25) is 14.2 Å². The highest BCUT2D eigenvalue weighted by atomic mass is 35.5. The molecule has 0 unspecified atom stereocenters. The first-order valence-electron chi connectivity index (χ1n) is 11.4. The molecule has 3 fully saturated rings. The molecule has 184 valence electrons. The summed E-state index contributed by atoms with van der Waals surface area (Å²) >= 11 is 5.85. The van der Waals surface area contributed by atoms with Crippen LogP contribution in [0.4, 0.5) is 18.9 Å². The van der Waals surface area contributed by atoms with Crippen LogP contribution in [0.3, 0.4) is 0 Å². The average Bonchev–Trinajstić information content (AvgIpc) is 3.44. The Morgan fingerprint density at radius 3 is 2.44 bits per heavy atom. The van der Waals surface area contributed by atoms with Gasteiger partial charge in [0.25, 0.3) is 5.91 Å². The Balaban J connectivity index is 1.05. The summed E-state index contributed by atoms with van der Waals surface area (Å²) in [5.41, 5.74) is 0.992. The number of carbonyl (C=O) groups is 1. The largest absolute Gasteiger partial charge is 0.522 e. The number of hydrogen-bond acceptors (Lipinski definition) is 5. The van der Waals surface area contributed by atoms with Crippen LogP contribution in [-0.2, 0) is 9.53 Å². The van der Waals surface area contributed by atoms with Crippen LogP contribution in [0.5, 0.6) is 5.75 Å². The third-order valence-electron chi connectivity index (χ3n) is 7.00. The quantitative estimate of drug-likeness (QED) is 0.620. The van der Waals surface area contributed by atoms with E-state index in [1.54, 1.807) is 35.1 Å². The Morgan fingerprint density at radius 1 is 1.12 bits per heavy atom. The number of alkyl halides is 3. The molecule has 7 nitrogen and oxygen atoms in total. The van der Waals surface area contributed by atoms with E-state index >= 15 is 0 Å². The molecule has 1 aromatic heterocycles. The fourth-order valence-electron chi connectivity index (χ4n) is 5.31. The van der Waals surface area contributed by atoms with Crippen LogP contribution in [-0.4, -0.2) is 53.9 Å². The second kappa shape index (κ2) is 9.30. The summed E-state index contributed by atoms with van der Waals surface area (Å²) in [6.07, 6.45) is 0.799. The number of fused-ring (bicyclic) bond motifs is 1. The molecule has 1 aliphatic heterocycles. The maximum Gasteiger partial charge on any atom is 0.522 e. The van der Waals surface area contributed by atoms with Crippen LogP contribution in [0.15, 0.2) is 36.7 Å². The minimum absolute atomic E-state index is 0.0329.